The molecule has 0 aromatic heterocycles. The van der Waals surface area contributed by atoms with Crippen molar-refractivity contribution in [3.63, 3.8) is 0 Å². The molecule has 2 aromatic rings. The highest BCUT2D eigenvalue weighted by Gasteiger charge is 2.71. The van der Waals surface area contributed by atoms with Crippen molar-refractivity contribution >= 4 is 40.7 Å². The highest BCUT2D eigenvalue weighted by Crippen LogP contribution is 2.53. The van der Waals surface area contributed by atoms with E-state index in [1.165, 1.54) is 4.90 Å². The van der Waals surface area contributed by atoms with Gasteiger partial charge in [0, 0.05) is 42.6 Å². The summed E-state index contributed by atoms with van der Waals surface area (Å²) in [6, 6.07) is 13.2. The highest BCUT2D eigenvalue weighted by molar-refractivity contribution is 6.30. The first-order chi connectivity index (χ1) is 19.9. The van der Waals surface area contributed by atoms with Crippen molar-refractivity contribution in [1.82, 2.24) is 4.90 Å². The number of fused-ring (bicyclic) bond motifs is 2. The number of carbonyl (C=O) groups excluding carboxylic acids is 3. The number of nitrogens with zero attached hydrogens (tertiary/aromatic N) is 3. The third-order valence-corrected chi connectivity index (χ3v) is 8.57. The molecule has 1 spiro atoms. The molecule has 2 fully saturated rings. The Hall–Kier alpha value is -3.66. The predicted octanol–water partition coefficient (Wildman–Crippen LogP) is 3.21. The van der Waals surface area contributed by atoms with Gasteiger partial charge in [0.15, 0.2) is 0 Å². The first-order valence-corrected chi connectivity index (χ1v) is 14.3. The van der Waals surface area contributed by atoms with Crippen LogP contribution in [0.5, 0.6) is 5.75 Å². The molecule has 0 bridgehead atoms. The first kappa shape index (κ1) is 27.5. The number of halogens is 1. The fourth-order valence-electron chi connectivity index (χ4n) is 6.59. The molecule has 214 valence electrons. The number of hydrogen-bond acceptors (Lipinski definition) is 6. The number of anilines is 2. The van der Waals surface area contributed by atoms with Gasteiger partial charge in [-0.1, -0.05) is 35.9 Å². The van der Waals surface area contributed by atoms with Crippen LogP contribution in [0.25, 0.3) is 0 Å². The van der Waals surface area contributed by atoms with Crippen molar-refractivity contribution < 1.29 is 29.0 Å². The molecule has 4 heterocycles. The third-order valence-electron chi connectivity index (χ3n) is 8.31. The summed E-state index contributed by atoms with van der Waals surface area (Å²) < 4.78 is 12.2. The van der Waals surface area contributed by atoms with Gasteiger partial charge in [-0.2, -0.15) is 0 Å². The molecule has 1 N–H and O–H groups in total. The third kappa shape index (κ3) is 4.52. The molecule has 10 heteroatoms. The zero-order chi connectivity index (χ0) is 28.7. The quantitative estimate of drug-likeness (QED) is 0.508. The maximum absolute atomic E-state index is 14.3. The fraction of sp³-hybridized carbons (Fsp3) is 0.387. The molecule has 5 atom stereocenters. The lowest BCUT2D eigenvalue weighted by molar-refractivity contribution is -0.140. The number of carbonyl (C=O) groups is 3. The molecule has 3 amide bonds. The fourth-order valence-corrected chi connectivity index (χ4v) is 6.72. The summed E-state index contributed by atoms with van der Waals surface area (Å²) in [5.74, 6) is -1.88. The van der Waals surface area contributed by atoms with Gasteiger partial charge in [0.2, 0.25) is 11.8 Å². The van der Waals surface area contributed by atoms with E-state index in [-0.39, 0.29) is 37.4 Å². The van der Waals surface area contributed by atoms with E-state index < -0.39 is 29.6 Å². The minimum Gasteiger partial charge on any atom is -0.494 e. The molecule has 6 rings (SSSR count). The van der Waals surface area contributed by atoms with E-state index in [4.69, 9.17) is 21.1 Å². The van der Waals surface area contributed by atoms with Gasteiger partial charge in [0.25, 0.3) is 5.91 Å². The number of rotatable bonds is 7. The second-order valence-corrected chi connectivity index (χ2v) is 11.0. The molecule has 1 unspecified atom stereocenters. The minimum atomic E-state index is -1.33. The van der Waals surface area contributed by atoms with E-state index in [1.807, 2.05) is 55.5 Å². The Bertz CT molecular complexity index is 1390. The van der Waals surface area contributed by atoms with Crippen LogP contribution in [0.15, 0.2) is 72.8 Å². The van der Waals surface area contributed by atoms with Gasteiger partial charge in [-0.3, -0.25) is 14.4 Å². The molecule has 4 aliphatic heterocycles. The van der Waals surface area contributed by atoms with Crippen LogP contribution in [0, 0.1) is 11.8 Å². The molecule has 2 aromatic carbocycles. The predicted molar refractivity (Wildman–Crippen MR) is 154 cm³/mol. The topological polar surface area (TPSA) is 99.6 Å². The van der Waals surface area contributed by atoms with E-state index in [2.05, 4.69) is 0 Å². The molecule has 9 nitrogen and oxygen atoms in total. The van der Waals surface area contributed by atoms with E-state index in [9.17, 15) is 19.5 Å². The SMILES string of the molecule is CCOc1ccc(N2CC=C[C@H]3O[C@]45C=CCN(c6ccc(Cl)cc6)C(=O)C4N(CCCO)C(=O)[C@@H]5[C@H]3C2=O)cc1. The van der Waals surface area contributed by atoms with E-state index in [1.54, 1.807) is 34.1 Å². The molecular weight excluding hydrogens is 546 g/mol. The van der Waals surface area contributed by atoms with Gasteiger partial charge in [-0.15, -0.1) is 0 Å². The zero-order valence-corrected chi connectivity index (χ0v) is 23.4. The molecule has 4 aliphatic rings. The summed E-state index contributed by atoms with van der Waals surface area (Å²) in [6.07, 6.45) is 6.99. The van der Waals surface area contributed by atoms with Crippen molar-refractivity contribution in [2.24, 2.45) is 11.8 Å². The summed E-state index contributed by atoms with van der Waals surface area (Å²) in [6.45, 7) is 3.07. The molecule has 2 saturated heterocycles. The summed E-state index contributed by atoms with van der Waals surface area (Å²) in [7, 11) is 0. The Morgan fingerprint density at radius 1 is 0.951 bits per heavy atom. The number of amides is 3. The van der Waals surface area contributed by atoms with Gasteiger partial charge in [-0.05, 0) is 61.9 Å². The van der Waals surface area contributed by atoms with Crippen LogP contribution in [-0.2, 0) is 19.1 Å². The molecule has 0 radical (unpaired) electrons. The Labute approximate surface area is 243 Å². The Morgan fingerprint density at radius 3 is 2.29 bits per heavy atom. The highest BCUT2D eigenvalue weighted by atomic mass is 35.5. The van der Waals surface area contributed by atoms with Gasteiger partial charge < -0.3 is 29.3 Å². The van der Waals surface area contributed by atoms with Crippen molar-refractivity contribution in [3.8, 4) is 5.75 Å². The zero-order valence-electron chi connectivity index (χ0n) is 22.7. The van der Waals surface area contributed by atoms with Crippen LogP contribution in [0.1, 0.15) is 13.3 Å². The number of aliphatic hydroxyl groups excluding tert-OH is 1. The molecule has 41 heavy (non-hydrogen) atoms. The molecular formula is C31H32ClN3O6. The lowest BCUT2D eigenvalue weighted by Gasteiger charge is -2.35. The van der Waals surface area contributed by atoms with Gasteiger partial charge in [0.05, 0.1) is 24.5 Å². The van der Waals surface area contributed by atoms with Gasteiger partial charge >= 0.3 is 0 Å². The summed E-state index contributed by atoms with van der Waals surface area (Å²) >= 11 is 6.09. The van der Waals surface area contributed by atoms with Crippen LogP contribution in [0.3, 0.4) is 0 Å². The maximum atomic E-state index is 14.3. The summed E-state index contributed by atoms with van der Waals surface area (Å²) in [5, 5.41) is 10.1. The first-order valence-electron chi connectivity index (χ1n) is 13.9. The number of aliphatic hydroxyl groups is 1. The molecule has 0 saturated carbocycles. The lowest BCUT2D eigenvalue weighted by Crippen LogP contribution is -2.55. The summed E-state index contributed by atoms with van der Waals surface area (Å²) in [4.78, 5) is 47.5. The Morgan fingerprint density at radius 2 is 1.61 bits per heavy atom. The average Bonchev–Trinajstić information content (AvgIpc) is 3.28. The van der Waals surface area contributed by atoms with Gasteiger partial charge in [0.1, 0.15) is 17.4 Å². The average molecular weight is 578 g/mol. The number of benzene rings is 2. The van der Waals surface area contributed by atoms with Crippen molar-refractivity contribution in [3.05, 3.63) is 77.9 Å². The standard InChI is InChI=1S/C31H32ClN3O6/c1-2-40-23-13-11-22(12-14-23)33-16-3-6-24-25(28(33)37)26-29(38)35(18-5-19-36)27-30(39)34(17-4-15-31(26,27)41-24)21-9-7-20(32)8-10-21/h3-4,6-15,24-27,36H,2,5,16-19H2,1H3/t24-,25+,26+,27?,31+/m1/s1. The smallest absolute Gasteiger partial charge is 0.253 e. The normalized spacial score (nSPS) is 28.9. The van der Waals surface area contributed by atoms with E-state index in [0.29, 0.717) is 41.7 Å². The second kappa shape index (κ2) is 11.0. The monoisotopic (exact) mass is 577 g/mol. The van der Waals surface area contributed by atoms with Crippen LogP contribution < -0.4 is 14.5 Å². The van der Waals surface area contributed by atoms with Gasteiger partial charge in [-0.25, -0.2) is 0 Å². The van der Waals surface area contributed by atoms with Crippen LogP contribution in [-0.4, -0.2) is 78.3 Å². The van der Waals surface area contributed by atoms with Crippen molar-refractivity contribution in [1.29, 1.82) is 0 Å². The number of ether oxygens (including phenoxy) is 2. The second-order valence-electron chi connectivity index (χ2n) is 10.6. The van der Waals surface area contributed by atoms with E-state index in [0.717, 1.165) is 0 Å². The Kier molecular flexibility index (Phi) is 7.36. The van der Waals surface area contributed by atoms with Crippen molar-refractivity contribution in [2.75, 3.05) is 42.6 Å². The number of hydrogen-bond donors (Lipinski definition) is 1. The minimum absolute atomic E-state index is 0.140. The summed E-state index contributed by atoms with van der Waals surface area (Å²) in [5.41, 5.74) is -0.00342. The largest absolute Gasteiger partial charge is 0.494 e. The van der Waals surface area contributed by atoms with Crippen molar-refractivity contribution in [2.45, 2.75) is 31.1 Å². The van der Waals surface area contributed by atoms with Crippen LogP contribution in [0.2, 0.25) is 5.02 Å². The van der Waals surface area contributed by atoms with Crippen LogP contribution >= 0.6 is 11.6 Å². The number of likely N-dealkylation sites (tertiary alicyclic amines) is 1. The molecule has 0 aliphatic carbocycles. The van der Waals surface area contributed by atoms with E-state index >= 15 is 0 Å². The lowest BCUT2D eigenvalue weighted by atomic mass is 9.77. The van der Waals surface area contributed by atoms with Crippen LogP contribution in [0.4, 0.5) is 11.4 Å². The maximum Gasteiger partial charge on any atom is 0.253 e. The Balaban J connectivity index is 1.39.